The molecule has 7 nitrogen and oxygen atoms in total. The number of anilines is 1. The molecule has 0 spiro atoms. The number of hydrogen-bond acceptors (Lipinski definition) is 4. The zero-order valence-electron chi connectivity index (χ0n) is 18.3. The molecule has 0 bridgehead atoms. The molecule has 0 saturated carbocycles. The van der Waals surface area contributed by atoms with Crippen molar-refractivity contribution in [1.82, 2.24) is 10.6 Å². The van der Waals surface area contributed by atoms with Crippen LogP contribution in [0, 0.1) is 0 Å². The minimum Gasteiger partial charge on any atom is -0.454 e. The summed E-state index contributed by atoms with van der Waals surface area (Å²) in [6.07, 6.45) is 0.464. The van der Waals surface area contributed by atoms with E-state index < -0.39 is 0 Å². The summed E-state index contributed by atoms with van der Waals surface area (Å²) in [5.74, 6) is 2.48. The summed E-state index contributed by atoms with van der Waals surface area (Å²) >= 11 is 0. The number of amides is 1. The topological polar surface area (TPSA) is 84.0 Å². The molecular formula is C24H30N4O3. The molecule has 7 heteroatoms. The Bertz CT molecular complexity index is 987. The van der Waals surface area contributed by atoms with Gasteiger partial charge in [-0.2, -0.15) is 0 Å². The largest absolute Gasteiger partial charge is 0.454 e. The van der Waals surface area contributed by atoms with E-state index >= 15 is 0 Å². The lowest BCUT2D eigenvalue weighted by Crippen LogP contribution is -2.41. The average Bonchev–Trinajstić information content (AvgIpc) is 3.23. The summed E-state index contributed by atoms with van der Waals surface area (Å²) in [5, 5.41) is 9.70. The number of rotatable bonds is 6. The van der Waals surface area contributed by atoms with Crippen molar-refractivity contribution in [1.29, 1.82) is 0 Å². The summed E-state index contributed by atoms with van der Waals surface area (Å²) in [6.45, 7) is 8.65. The number of aliphatic imine (C=N–C) groups is 1. The molecule has 2 aliphatic rings. The van der Waals surface area contributed by atoms with E-state index in [1.165, 1.54) is 0 Å². The number of guanidine groups is 1. The highest BCUT2D eigenvalue weighted by atomic mass is 16.7. The first-order chi connectivity index (χ1) is 15.0. The molecule has 0 saturated heterocycles. The Morgan fingerprint density at radius 2 is 1.97 bits per heavy atom. The van der Waals surface area contributed by atoms with Gasteiger partial charge in [-0.25, -0.2) is 0 Å². The minimum absolute atomic E-state index is 0.0522. The lowest BCUT2D eigenvalue weighted by Gasteiger charge is -2.27. The number of para-hydroxylation sites is 1. The third kappa shape index (κ3) is 4.76. The molecule has 3 N–H and O–H groups in total. The van der Waals surface area contributed by atoms with E-state index in [4.69, 9.17) is 14.5 Å². The van der Waals surface area contributed by atoms with E-state index in [9.17, 15) is 4.79 Å². The predicted molar refractivity (Wildman–Crippen MR) is 122 cm³/mol. The normalized spacial score (nSPS) is 17.7. The fourth-order valence-electron chi connectivity index (χ4n) is 3.93. The van der Waals surface area contributed by atoms with Crippen LogP contribution in [-0.4, -0.2) is 38.3 Å². The Morgan fingerprint density at radius 3 is 2.81 bits per heavy atom. The van der Waals surface area contributed by atoms with Gasteiger partial charge in [-0.1, -0.05) is 38.1 Å². The standard InChI is InChI=1S/C24H30N4O3/c1-4-25-23(26-13-16-11-22(29)28-19-8-6-5-7-18(16)19)27-14-24(2,3)17-9-10-20-21(12-17)31-15-30-20/h5-10,12,16H,4,11,13-15H2,1-3H3,(H,28,29)(H2,25,26,27). The summed E-state index contributed by atoms with van der Waals surface area (Å²) in [7, 11) is 0. The Kier molecular flexibility index (Phi) is 6.02. The lowest BCUT2D eigenvalue weighted by atomic mass is 9.84. The van der Waals surface area contributed by atoms with Crippen LogP contribution in [0.2, 0.25) is 0 Å². The molecule has 0 aromatic heterocycles. The van der Waals surface area contributed by atoms with Crippen molar-refractivity contribution in [2.24, 2.45) is 4.99 Å². The quantitative estimate of drug-likeness (QED) is 0.491. The zero-order chi connectivity index (χ0) is 21.8. The van der Waals surface area contributed by atoms with Gasteiger partial charge in [0.15, 0.2) is 17.5 Å². The second kappa shape index (κ2) is 8.88. The van der Waals surface area contributed by atoms with E-state index in [-0.39, 0.29) is 24.0 Å². The van der Waals surface area contributed by atoms with Crippen molar-refractivity contribution >= 4 is 17.6 Å². The number of carbonyl (C=O) groups is 1. The monoisotopic (exact) mass is 422 g/mol. The smallest absolute Gasteiger partial charge is 0.231 e. The number of benzene rings is 2. The van der Waals surface area contributed by atoms with Crippen LogP contribution in [0.1, 0.15) is 44.2 Å². The molecule has 31 heavy (non-hydrogen) atoms. The van der Waals surface area contributed by atoms with E-state index in [1.807, 2.05) is 37.3 Å². The van der Waals surface area contributed by atoms with Gasteiger partial charge in [0.2, 0.25) is 12.7 Å². The van der Waals surface area contributed by atoms with Crippen LogP contribution < -0.4 is 25.4 Å². The molecule has 1 unspecified atom stereocenters. The molecule has 2 aromatic rings. The summed E-state index contributed by atoms with van der Waals surface area (Å²) in [6, 6.07) is 14.0. The molecule has 0 radical (unpaired) electrons. The van der Waals surface area contributed by atoms with Crippen molar-refractivity contribution in [3.8, 4) is 11.5 Å². The van der Waals surface area contributed by atoms with Crippen LogP contribution in [0.15, 0.2) is 47.5 Å². The average molecular weight is 423 g/mol. The molecule has 1 atom stereocenters. The summed E-state index contributed by atoms with van der Waals surface area (Å²) in [4.78, 5) is 16.9. The molecule has 2 heterocycles. The van der Waals surface area contributed by atoms with Gasteiger partial charge in [-0.3, -0.25) is 9.79 Å². The van der Waals surface area contributed by atoms with E-state index in [1.54, 1.807) is 0 Å². The highest BCUT2D eigenvalue weighted by Crippen LogP contribution is 2.36. The second-order valence-electron chi connectivity index (χ2n) is 8.56. The highest BCUT2D eigenvalue weighted by molar-refractivity contribution is 5.94. The van der Waals surface area contributed by atoms with Crippen LogP contribution in [0.25, 0.3) is 0 Å². The van der Waals surface area contributed by atoms with Crippen LogP contribution in [0.4, 0.5) is 5.69 Å². The van der Waals surface area contributed by atoms with Crippen molar-refractivity contribution in [3.63, 3.8) is 0 Å². The van der Waals surface area contributed by atoms with Crippen LogP contribution in [0.3, 0.4) is 0 Å². The van der Waals surface area contributed by atoms with Gasteiger partial charge in [-0.15, -0.1) is 0 Å². The van der Waals surface area contributed by atoms with Crippen molar-refractivity contribution < 1.29 is 14.3 Å². The van der Waals surface area contributed by atoms with Gasteiger partial charge in [0, 0.05) is 36.5 Å². The predicted octanol–water partition coefficient (Wildman–Crippen LogP) is 3.37. The van der Waals surface area contributed by atoms with Crippen LogP contribution in [-0.2, 0) is 10.2 Å². The molecule has 0 aliphatic carbocycles. The SMILES string of the molecule is CCNC(=NCC(C)(C)c1ccc2c(c1)OCO2)NCC1CC(=O)Nc2ccccc21. The number of hydrogen-bond donors (Lipinski definition) is 3. The van der Waals surface area contributed by atoms with Gasteiger partial charge >= 0.3 is 0 Å². The van der Waals surface area contributed by atoms with Gasteiger partial charge in [0.1, 0.15) is 0 Å². The highest BCUT2D eigenvalue weighted by Gasteiger charge is 2.26. The van der Waals surface area contributed by atoms with E-state index in [2.05, 4.69) is 41.9 Å². The number of fused-ring (bicyclic) bond motifs is 2. The molecule has 2 aliphatic heterocycles. The number of nitrogens with zero attached hydrogens (tertiary/aromatic N) is 1. The van der Waals surface area contributed by atoms with Gasteiger partial charge in [0.05, 0.1) is 6.54 Å². The summed E-state index contributed by atoms with van der Waals surface area (Å²) in [5.41, 5.74) is 3.03. The van der Waals surface area contributed by atoms with Gasteiger partial charge < -0.3 is 25.4 Å². The van der Waals surface area contributed by atoms with E-state index in [0.717, 1.165) is 40.8 Å². The third-order valence-corrected chi connectivity index (χ3v) is 5.75. The molecule has 1 amide bonds. The van der Waals surface area contributed by atoms with Crippen molar-refractivity contribution in [2.45, 2.75) is 38.5 Å². The van der Waals surface area contributed by atoms with E-state index in [0.29, 0.717) is 19.5 Å². The van der Waals surface area contributed by atoms with Gasteiger partial charge in [-0.05, 0) is 36.2 Å². The number of ether oxygens (including phenoxy) is 2. The lowest BCUT2D eigenvalue weighted by molar-refractivity contribution is -0.116. The summed E-state index contributed by atoms with van der Waals surface area (Å²) < 4.78 is 10.9. The Balaban J connectivity index is 1.44. The van der Waals surface area contributed by atoms with Crippen molar-refractivity contribution in [3.05, 3.63) is 53.6 Å². The Hall–Kier alpha value is -3.22. The molecule has 2 aromatic carbocycles. The minimum atomic E-state index is -0.180. The van der Waals surface area contributed by atoms with Crippen LogP contribution >= 0.6 is 0 Å². The first-order valence-electron chi connectivity index (χ1n) is 10.8. The first kappa shape index (κ1) is 21.0. The molecule has 4 rings (SSSR count). The maximum absolute atomic E-state index is 12.1. The Morgan fingerprint density at radius 1 is 1.16 bits per heavy atom. The fraction of sp³-hybridized carbons (Fsp3) is 0.417. The number of carbonyl (C=O) groups excluding carboxylic acids is 1. The second-order valence-corrected chi connectivity index (χ2v) is 8.56. The van der Waals surface area contributed by atoms with Crippen molar-refractivity contribution in [2.75, 3.05) is 31.7 Å². The maximum Gasteiger partial charge on any atom is 0.231 e. The Labute approximate surface area is 183 Å². The number of nitrogens with one attached hydrogen (secondary N) is 3. The molecule has 0 fully saturated rings. The van der Waals surface area contributed by atoms with Crippen LogP contribution in [0.5, 0.6) is 11.5 Å². The zero-order valence-corrected chi connectivity index (χ0v) is 18.3. The first-order valence-corrected chi connectivity index (χ1v) is 10.8. The fourth-order valence-corrected chi connectivity index (χ4v) is 3.93. The molecule has 164 valence electrons. The van der Waals surface area contributed by atoms with Gasteiger partial charge in [0.25, 0.3) is 0 Å². The molecular weight excluding hydrogens is 392 g/mol. The maximum atomic E-state index is 12.1. The third-order valence-electron chi connectivity index (χ3n) is 5.75.